The second kappa shape index (κ2) is 9.38. The van der Waals surface area contributed by atoms with Crippen LogP contribution in [0.15, 0.2) is 0 Å². The first-order chi connectivity index (χ1) is 7.96. The van der Waals surface area contributed by atoms with E-state index in [-0.39, 0.29) is 0 Å². The Morgan fingerprint density at radius 3 is 1.76 bits per heavy atom. The van der Waals surface area contributed by atoms with Crippen molar-refractivity contribution in [2.45, 2.75) is 60.4 Å². The maximum Gasteiger partial charge on any atom is 0.00902 e. The summed E-state index contributed by atoms with van der Waals surface area (Å²) in [4.78, 5) is 2.72. The minimum absolute atomic E-state index is 0.762. The maximum atomic E-state index is 3.68. The predicted octanol–water partition coefficient (Wildman–Crippen LogP) is 4.80. The highest BCUT2D eigenvalue weighted by Gasteiger charge is 2.21. The summed E-state index contributed by atoms with van der Waals surface area (Å²) < 4.78 is 0. The van der Waals surface area contributed by atoms with Gasteiger partial charge in [0.1, 0.15) is 0 Å². The number of nitrogens with zero attached hydrogens (tertiary/aromatic N) is 1. The van der Waals surface area contributed by atoms with Crippen molar-refractivity contribution < 1.29 is 0 Å². The van der Waals surface area contributed by atoms with Gasteiger partial charge in [0.2, 0.25) is 0 Å². The van der Waals surface area contributed by atoms with E-state index in [1.165, 1.54) is 25.9 Å². The average Bonchev–Trinajstić information content (AvgIpc) is 2.25. The van der Waals surface area contributed by atoms with Crippen LogP contribution in [0.25, 0.3) is 0 Å². The fourth-order valence-electron chi connectivity index (χ4n) is 2.39. The van der Waals surface area contributed by atoms with Gasteiger partial charge in [0, 0.05) is 24.5 Å². The Hall–Kier alpha value is 0.440. The van der Waals surface area contributed by atoms with E-state index in [1.807, 2.05) is 0 Å². The molecule has 1 unspecified atom stereocenters. The van der Waals surface area contributed by atoms with Crippen molar-refractivity contribution in [1.82, 2.24) is 4.90 Å². The molecule has 0 saturated carbocycles. The molecule has 2 heteroatoms. The molecule has 1 nitrogen and oxygen atoms in total. The molecule has 0 aliphatic heterocycles. The van der Waals surface area contributed by atoms with Crippen molar-refractivity contribution >= 4 is 15.9 Å². The minimum atomic E-state index is 0.762. The van der Waals surface area contributed by atoms with Crippen molar-refractivity contribution in [1.29, 1.82) is 0 Å². The van der Waals surface area contributed by atoms with Crippen LogP contribution in [0, 0.1) is 17.8 Å². The fourth-order valence-corrected chi connectivity index (χ4v) is 3.34. The Labute approximate surface area is 117 Å². The lowest BCUT2D eigenvalue weighted by atomic mass is 9.95. The zero-order chi connectivity index (χ0) is 13.4. The lowest BCUT2D eigenvalue weighted by Gasteiger charge is -2.35. The molecule has 0 saturated heterocycles. The van der Waals surface area contributed by atoms with Crippen LogP contribution >= 0.6 is 15.9 Å². The molecule has 0 aliphatic rings. The van der Waals surface area contributed by atoms with Gasteiger partial charge in [0.25, 0.3) is 0 Å². The quantitative estimate of drug-likeness (QED) is 0.553. The highest BCUT2D eigenvalue weighted by Crippen LogP contribution is 2.20. The molecule has 0 aliphatic carbocycles. The number of hydrogen-bond donors (Lipinski definition) is 0. The normalized spacial score (nSPS) is 14.3. The lowest BCUT2D eigenvalue weighted by Crippen LogP contribution is -2.42. The van der Waals surface area contributed by atoms with E-state index < -0.39 is 0 Å². The number of alkyl halides is 1. The van der Waals surface area contributed by atoms with Crippen LogP contribution < -0.4 is 0 Å². The third kappa shape index (κ3) is 6.81. The summed E-state index contributed by atoms with van der Waals surface area (Å²) in [5.74, 6) is 2.30. The van der Waals surface area contributed by atoms with Crippen LogP contribution in [0.5, 0.6) is 0 Å². The molecule has 1 atom stereocenters. The van der Waals surface area contributed by atoms with Crippen molar-refractivity contribution in [2.75, 3.05) is 18.4 Å². The molecule has 0 N–H and O–H groups in total. The van der Waals surface area contributed by atoms with Crippen LogP contribution in [-0.4, -0.2) is 29.4 Å². The topological polar surface area (TPSA) is 3.24 Å². The van der Waals surface area contributed by atoms with Crippen molar-refractivity contribution in [2.24, 2.45) is 17.8 Å². The van der Waals surface area contributed by atoms with Gasteiger partial charge in [-0.25, -0.2) is 0 Å². The molecule has 0 fully saturated rings. The molecule has 0 rings (SSSR count). The Bertz CT molecular complexity index is 176. The third-order valence-corrected chi connectivity index (χ3v) is 4.50. The SMILES string of the molecule is CCC(CC)N(CC(C)C)CC(CBr)C(C)C. The van der Waals surface area contributed by atoms with E-state index in [9.17, 15) is 0 Å². The van der Waals surface area contributed by atoms with Crippen LogP contribution in [-0.2, 0) is 0 Å². The summed E-state index contributed by atoms with van der Waals surface area (Å²) in [6.45, 7) is 16.5. The monoisotopic (exact) mass is 305 g/mol. The Kier molecular flexibility index (Phi) is 9.62. The van der Waals surface area contributed by atoms with Crippen LogP contribution in [0.3, 0.4) is 0 Å². The van der Waals surface area contributed by atoms with E-state index in [0.717, 1.165) is 29.1 Å². The van der Waals surface area contributed by atoms with E-state index in [0.29, 0.717) is 0 Å². The first-order valence-corrected chi connectivity index (χ1v) is 8.38. The highest BCUT2D eigenvalue weighted by molar-refractivity contribution is 9.09. The van der Waals surface area contributed by atoms with E-state index in [2.05, 4.69) is 62.4 Å². The zero-order valence-corrected chi connectivity index (χ0v) is 14.3. The average molecular weight is 306 g/mol. The number of rotatable bonds is 9. The van der Waals surface area contributed by atoms with Crippen molar-refractivity contribution in [3.8, 4) is 0 Å². The van der Waals surface area contributed by atoms with Gasteiger partial charge in [-0.05, 0) is 30.6 Å². The van der Waals surface area contributed by atoms with E-state index in [4.69, 9.17) is 0 Å². The first kappa shape index (κ1) is 17.4. The molecule has 0 aromatic carbocycles. The van der Waals surface area contributed by atoms with Gasteiger partial charge < -0.3 is 0 Å². The fraction of sp³-hybridized carbons (Fsp3) is 1.00. The second-order valence-electron chi connectivity index (χ2n) is 5.98. The molecule has 0 aromatic heterocycles. The standard InChI is InChI=1S/C15H32BrN/c1-7-15(8-2)17(10-12(3)4)11-14(9-16)13(5)6/h12-15H,7-11H2,1-6H3. The molecular formula is C15H32BrN. The molecule has 0 spiro atoms. The molecule has 0 heterocycles. The van der Waals surface area contributed by atoms with Gasteiger partial charge >= 0.3 is 0 Å². The van der Waals surface area contributed by atoms with Gasteiger partial charge in [-0.15, -0.1) is 0 Å². The third-order valence-electron chi connectivity index (χ3n) is 3.67. The minimum Gasteiger partial charge on any atom is -0.300 e. The highest BCUT2D eigenvalue weighted by atomic mass is 79.9. The molecule has 0 aromatic rings. The Morgan fingerprint density at radius 2 is 1.47 bits per heavy atom. The Balaban J connectivity index is 4.55. The van der Waals surface area contributed by atoms with Gasteiger partial charge in [0.15, 0.2) is 0 Å². The molecule has 0 radical (unpaired) electrons. The number of hydrogen-bond acceptors (Lipinski definition) is 1. The van der Waals surface area contributed by atoms with Gasteiger partial charge in [0.05, 0.1) is 0 Å². The van der Waals surface area contributed by atoms with Crippen LogP contribution in [0.2, 0.25) is 0 Å². The smallest absolute Gasteiger partial charge is 0.00902 e. The molecule has 0 amide bonds. The lowest BCUT2D eigenvalue weighted by molar-refractivity contribution is 0.133. The van der Waals surface area contributed by atoms with Gasteiger partial charge in [-0.2, -0.15) is 0 Å². The predicted molar refractivity (Wildman–Crippen MR) is 82.9 cm³/mol. The molecule has 0 bridgehead atoms. The summed E-state index contributed by atoms with van der Waals surface area (Å²) in [5.41, 5.74) is 0. The van der Waals surface area contributed by atoms with Gasteiger partial charge in [-0.1, -0.05) is 57.5 Å². The summed E-state index contributed by atoms with van der Waals surface area (Å²) in [7, 11) is 0. The summed E-state index contributed by atoms with van der Waals surface area (Å²) in [6, 6.07) is 0.762. The maximum absolute atomic E-state index is 3.68. The van der Waals surface area contributed by atoms with Crippen LogP contribution in [0.4, 0.5) is 0 Å². The summed E-state index contributed by atoms with van der Waals surface area (Å²) in [6.07, 6.45) is 2.55. The largest absolute Gasteiger partial charge is 0.300 e. The zero-order valence-electron chi connectivity index (χ0n) is 12.7. The summed E-state index contributed by atoms with van der Waals surface area (Å²) in [5, 5.41) is 1.12. The van der Waals surface area contributed by atoms with E-state index >= 15 is 0 Å². The van der Waals surface area contributed by atoms with Crippen LogP contribution in [0.1, 0.15) is 54.4 Å². The summed E-state index contributed by atoms with van der Waals surface area (Å²) >= 11 is 3.68. The van der Waals surface area contributed by atoms with E-state index in [1.54, 1.807) is 0 Å². The van der Waals surface area contributed by atoms with Gasteiger partial charge in [-0.3, -0.25) is 4.90 Å². The number of halogens is 1. The molecule has 17 heavy (non-hydrogen) atoms. The second-order valence-corrected chi connectivity index (χ2v) is 6.62. The van der Waals surface area contributed by atoms with Crippen molar-refractivity contribution in [3.05, 3.63) is 0 Å². The molecule has 104 valence electrons. The Morgan fingerprint density at radius 1 is 0.941 bits per heavy atom. The first-order valence-electron chi connectivity index (χ1n) is 7.26. The van der Waals surface area contributed by atoms with Crippen molar-refractivity contribution in [3.63, 3.8) is 0 Å². The molecular weight excluding hydrogens is 274 g/mol.